The van der Waals surface area contributed by atoms with E-state index in [1.807, 2.05) is 38.1 Å². The quantitative estimate of drug-likeness (QED) is 0.406. The van der Waals surface area contributed by atoms with Crippen molar-refractivity contribution in [3.8, 4) is 17.1 Å². The van der Waals surface area contributed by atoms with Crippen molar-refractivity contribution < 1.29 is 9.26 Å². The van der Waals surface area contributed by atoms with Crippen LogP contribution in [0.15, 0.2) is 65.6 Å². The molecule has 176 valence electrons. The maximum absolute atomic E-state index is 6.07. The van der Waals surface area contributed by atoms with Gasteiger partial charge in [-0.15, -0.1) is 0 Å². The molecule has 2 N–H and O–H groups in total. The van der Waals surface area contributed by atoms with Crippen LogP contribution in [0.5, 0.6) is 5.75 Å². The third-order valence-electron chi connectivity index (χ3n) is 6.13. The zero-order valence-electron chi connectivity index (χ0n) is 20.2. The van der Waals surface area contributed by atoms with Crippen molar-refractivity contribution in [2.45, 2.75) is 52.2 Å². The molecule has 1 aromatic carbocycles. The van der Waals surface area contributed by atoms with E-state index in [0.29, 0.717) is 35.8 Å². The van der Waals surface area contributed by atoms with Gasteiger partial charge in [-0.25, -0.2) is 9.97 Å². The Bertz CT molecular complexity index is 1210. The van der Waals surface area contributed by atoms with Gasteiger partial charge < -0.3 is 15.0 Å². The molecular weight excluding hydrogens is 428 g/mol. The lowest BCUT2D eigenvalue weighted by Crippen LogP contribution is -2.31. The molecule has 0 amide bonds. The van der Waals surface area contributed by atoms with E-state index in [4.69, 9.17) is 20.0 Å². The number of hydrogen-bond donors (Lipinski definition) is 1. The van der Waals surface area contributed by atoms with Gasteiger partial charge in [-0.2, -0.15) is 4.98 Å². The Morgan fingerprint density at radius 3 is 2.24 bits per heavy atom. The summed E-state index contributed by atoms with van der Waals surface area (Å²) in [5.74, 6) is 2.53. The van der Waals surface area contributed by atoms with Gasteiger partial charge in [-0.05, 0) is 50.5 Å². The largest absolute Gasteiger partial charge is 0.484 e. The average molecular weight is 459 g/mol. The Morgan fingerprint density at radius 1 is 0.971 bits per heavy atom. The first-order chi connectivity index (χ1) is 16.2. The van der Waals surface area contributed by atoms with Crippen molar-refractivity contribution in [3.63, 3.8) is 0 Å². The fourth-order valence-corrected chi connectivity index (χ4v) is 3.67. The van der Waals surface area contributed by atoms with Gasteiger partial charge in [0.1, 0.15) is 12.4 Å². The van der Waals surface area contributed by atoms with Gasteiger partial charge >= 0.3 is 0 Å². The fraction of sp³-hybridized carbons (Fsp3) is 0.346. The van der Waals surface area contributed by atoms with Gasteiger partial charge in [0.2, 0.25) is 11.7 Å². The third kappa shape index (κ3) is 4.82. The van der Waals surface area contributed by atoms with Crippen LogP contribution in [0, 0.1) is 5.92 Å². The summed E-state index contributed by atoms with van der Waals surface area (Å²) in [6.07, 6.45) is 5.15. The molecule has 4 rings (SSSR count). The van der Waals surface area contributed by atoms with Gasteiger partial charge in [0, 0.05) is 23.4 Å². The minimum absolute atomic E-state index is 0.296. The molecule has 3 aromatic heterocycles. The predicted octanol–water partition coefficient (Wildman–Crippen LogP) is 4.66. The maximum atomic E-state index is 6.07. The standard InChI is InChI=1S/C26H30N6O2/c1-17(2)26(5,21-12-11-20(15-30-21)33-16-22-28-13-6-14-29-22)19-9-7-18(8-10-19)23-31-24(34-32-23)25(3,4)27/h6-15,17H,16,27H2,1-5H3. The molecule has 4 aromatic rings. The van der Waals surface area contributed by atoms with Gasteiger partial charge in [0.15, 0.2) is 5.82 Å². The molecule has 0 aliphatic carbocycles. The van der Waals surface area contributed by atoms with Crippen molar-refractivity contribution in [2.24, 2.45) is 11.7 Å². The second-order valence-corrected chi connectivity index (χ2v) is 9.41. The summed E-state index contributed by atoms with van der Waals surface area (Å²) < 4.78 is 11.1. The van der Waals surface area contributed by atoms with Crippen LogP contribution in [0.4, 0.5) is 0 Å². The van der Waals surface area contributed by atoms with E-state index < -0.39 is 5.54 Å². The molecule has 34 heavy (non-hydrogen) atoms. The van der Waals surface area contributed by atoms with E-state index in [1.54, 1.807) is 24.7 Å². The number of benzene rings is 1. The van der Waals surface area contributed by atoms with E-state index in [-0.39, 0.29) is 5.41 Å². The zero-order valence-corrected chi connectivity index (χ0v) is 20.2. The SMILES string of the molecule is CC(C)C(C)(c1ccc(-c2noc(C(C)(C)N)n2)cc1)c1ccc(OCc2ncccn2)cn1. The number of aromatic nitrogens is 5. The predicted molar refractivity (Wildman–Crippen MR) is 129 cm³/mol. The number of rotatable bonds is 8. The molecule has 0 aliphatic heterocycles. The number of nitrogens with two attached hydrogens (primary N) is 1. The van der Waals surface area contributed by atoms with Crippen LogP contribution < -0.4 is 10.5 Å². The van der Waals surface area contributed by atoms with Crippen LogP contribution >= 0.6 is 0 Å². The highest BCUT2D eigenvalue weighted by atomic mass is 16.5. The molecule has 0 saturated carbocycles. The van der Waals surface area contributed by atoms with Crippen LogP contribution in [0.2, 0.25) is 0 Å². The normalized spacial score (nSPS) is 13.6. The topological polar surface area (TPSA) is 113 Å². The Hall–Kier alpha value is -3.65. The van der Waals surface area contributed by atoms with E-state index in [9.17, 15) is 0 Å². The molecule has 0 fully saturated rings. The summed E-state index contributed by atoms with van der Waals surface area (Å²) in [6.45, 7) is 10.6. The van der Waals surface area contributed by atoms with Gasteiger partial charge in [-0.1, -0.05) is 43.3 Å². The first-order valence-corrected chi connectivity index (χ1v) is 11.3. The lowest BCUT2D eigenvalue weighted by molar-refractivity contribution is 0.293. The van der Waals surface area contributed by atoms with Crippen LogP contribution in [-0.2, 0) is 17.6 Å². The molecule has 0 aliphatic rings. The molecule has 1 unspecified atom stereocenters. The van der Waals surface area contributed by atoms with Crippen LogP contribution in [0.3, 0.4) is 0 Å². The Labute approximate surface area is 199 Å². The first kappa shape index (κ1) is 23.5. The molecule has 0 radical (unpaired) electrons. The van der Waals surface area contributed by atoms with E-state index >= 15 is 0 Å². The van der Waals surface area contributed by atoms with Crippen molar-refractivity contribution >= 4 is 0 Å². The molecule has 8 nitrogen and oxygen atoms in total. The summed E-state index contributed by atoms with van der Waals surface area (Å²) in [6, 6.07) is 13.9. The monoisotopic (exact) mass is 458 g/mol. The third-order valence-corrected chi connectivity index (χ3v) is 6.13. The summed E-state index contributed by atoms with van der Waals surface area (Å²) in [5.41, 5.74) is 8.06. The summed E-state index contributed by atoms with van der Waals surface area (Å²) >= 11 is 0. The average Bonchev–Trinajstić information content (AvgIpc) is 3.34. The van der Waals surface area contributed by atoms with Crippen molar-refractivity contribution in [3.05, 3.63) is 84.0 Å². The summed E-state index contributed by atoms with van der Waals surface area (Å²) in [7, 11) is 0. The molecule has 1 atom stereocenters. The van der Waals surface area contributed by atoms with Gasteiger partial charge in [0.25, 0.3) is 0 Å². The Kier molecular flexibility index (Phi) is 6.43. The van der Waals surface area contributed by atoms with Crippen molar-refractivity contribution in [1.29, 1.82) is 0 Å². The van der Waals surface area contributed by atoms with Gasteiger partial charge in [0.05, 0.1) is 17.4 Å². The summed E-state index contributed by atoms with van der Waals surface area (Å²) in [4.78, 5) is 17.6. The van der Waals surface area contributed by atoms with Crippen molar-refractivity contribution in [2.75, 3.05) is 0 Å². The Morgan fingerprint density at radius 2 is 1.68 bits per heavy atom. The van der Waals surface area contributed by atoms with Crippen LogP contribution in [0.25, 0.3) is 11.4 Å². The van der Waals surface area contributed by atoms with E-state index in [2.05, 4.69) is 53.0 Å². The zero-order chi connectivity index (χ0) is 24.3. The highest BCUT2D eigenvalue weighted by Crippen LogP contribution is 2.39. The maximum Gasteiger partial charge on any atom is 0.246 e. The lowest BCUT2D eigenvalue weighted by atomic mass is 9.70. The number of nitrogens with zero attached hydrogens (tertiary/aromatic N) is 5. The minimum atomic E-state index is -0.683. The van der Waals surface area contributed by atoms with Gasteiger partial charge in [-0.3, -0.25) is 4.98 Å². The smallest absolute Gasteiger partial charge is 0.246 e. The highest BCUT2D eigenvalue weighted by Gasteiger charge is 2.34. The van der Waals surface area contributed by atoms with Crippen LogP contribution in [-0.4, -0.2) is 25.1 Å². The second-order valence-electron chi connectivity index (χ2n) is 9.41. The minimum Gasteiger partial charge on any atom is -0.484 e. The molecule has 0 spiro atoms. The first-order valence-electron chi connectivity index (χ1n) is 11.3. The molecule has 3 heterocycles. The Balaban J connectivity index is 1.55. The number of ether oxygens (including phenoxy) is 1. The highest BCUT2D eigenvalue weighted by molar-refractivity contribution is 5.56. The van der Waals surface area contributed by atoms with Crippen LogP contribution in [0.1, 0.15) is 57.6 Å². The number of hydrogen-bond acceptors (Lipinski definition) is 8. The lowest BCUT2D eigenvalue weighted by Gasteiger charge is -2.34. The molecular formula is C26H30N6O2. The molecule has 8 heteroatoms. The van der Waals surface area contributed by atoms with E-state index in [1.165, 1.54) is 0 Å². The second kappa shape index (κ2) is 9.30. The van der Waals surface area contributed by atoms with E-state index in [0.717, 1.165) is 16.8 Å². The summed E-state index contributed by atoms with van der Waals surface area (Å²) in [5, 5.41) is 4.09. The van der Waals surface area contributed by atoms with Crippen molar-refractivity contribution in [1.82, 2.24) is 25.1 Å². The number of pyridine rings is 1. The fourth-order valence-electron chi connectivity index (χ4n) is 3.67. The molecule has 0 bridgehead atoms. The molecule has 0 saturated heterocycles.